The average molecular weight is 281 g/mol. The monoisotopic (exact) mass is 281 g/mol. The minimum Gasteiger partial charge on any atom is -0.329 e. The molecule has 118 valence electrons. The zero-order valence-corrected chi connectivity index (χ0v) is 14.1. The maximum Gasteiger partial charge on any atom is 0.0331 e. The Kier molecular flexibility index (Phi) is 5.49. The van der Waals surface area contributed by atoms with E-state index >= 15 is 0 Å². The molecule has 0 spiro atoms. The number of hydrogen-bond donors (Lipinski definition) is 1. The molecular formula is C17H35N3. The van der Waals surface area contributed by atoms with Crippen molar-refractivity contribution in [1.82, 2.24) is 9.80 Å². The van der Waals surface area contributed by atoms with Crippen LogP contribution in [0.15, 0.2) is 0 Å². The first-order chi connectivity index (χ1) is 9.48. The van der Waals surface area contributed by atoms with Crippen LogP contribution in [0.25, 0.3) is 0 Å². The highest BCUT2D eigenvalue weighted by atomic mass is 15.2. The molecule has 0 atom stereocenters. The first-order valence-electron chi connectivity index (χ1n) is 8.60. The van der Waals surface area contributed by atoms with E-state index in [1.54, 1.807) is 0 Å². The fourth-order valence-electron chi connectivity index (χ4n) is 4.35. The minimum absolute atomic E-state index is 0.322. The van der Waals surface area contributed by atoms with Crippen LogP contribution < -0.4 is 5.73 Å². The fourth-order valence-corrected chi connectivity index (χ4v) is 4.35. The Morgan fingerprint density at radius 2 is 1.65 bits per heavy atom. The molecule has 1 heterocycles. The van der Waals surface area contributed by atoms with Crippen LogP contribution in [0.5, 0.6) is 0 Å². The van der Waals surface area contributed by atoms with Crippen molar-refractivity contribution in [3.05, 3.63) is 0 Å². The maximum absolute atomic E-state index is 6.23. The van der Waals surface area contributed by atoms with Crippen molar-refractivity contribution in [2.24, 2.45) is 17.6 Å². The van der Waals surface area contributed by atoms with Crippen molar-refractivity contribution in [2.75, 3.05) is 33.7 Å². The molecule has 0 unspecified atom stereocenters. The average Bonchev–Trinajstić information content (AvgIpc) is 2.47. The van der Waals surface area contributed by atoms with Crippen LogP contribution in [0.1, 0.15) is 52.4 Å². The normalized spacial score (nSPS) is 34.0. The molecule has 1 aliphatic carbocycles. The van der Waals surface area contributed by atoms with Gasteiger partial charge in [-0.25, -0.2) is 0 Å². The lowest BCUT2D eigenvalue weighted by Crippen LogP contribution is -2.59. The van der Waals surface area contributed by atoms with E-state index in [1.807, 2.05) is 0 Å². The summed E-state index contributed by atoms with van der Waals surface area (Å²) in [5, 5.41) is 0. The van der Waals surface area contributed by atoms with Crippen LogP contribution in [0, 0.1) is 11.8 Å². The second kappa shape index (κ2) is 6.76. The molecule has 1 saturated heterocycles. The van der Waals surface area contributed by atoms with Crippen LogP contribution in [0.4, 0.5) is 0 Å². The Balaban J connectivity index is 1.93. The first kappa shape index (κ1) is 16.3. The van der Waals surface area contributed by atoms with Crippen molar-refractivity contribution in [3.63, 3.8) is 0 Å². The van der Waals surface area contributed by atoms with Gasteiger partial charge in [-0.05, 0) is 64.5 Å². The smallest absolute Gasteiger partial charge is 0.0331 e. The molecule has 2 fully saturated rings. The van der Waals surface area contributed by atoms with E-state index in [4.69, 9.17) is 5.73 Å². The van der Waals surface area contributed by atoms with Gasteiger partial charge in [-0.15, -0.1) is 0 Å². The van der Waals surface area contributed by atoms with E-state index in [1.165, 1.54) is 51.6 Å². The summed E-state index contributed by atoms with van der Waals surface area (Å²) >= 11 is 0. The molecule has 0 amide bonds. The van der Waals surface area contributed by atoms with Gasteiger partial charge in [-0.3, -0.25) is 4.90 Å². The van der Waals surface area contributed by atoms with Crippen LogP contribution in [0.3, 0.4) is 0 Å². The largest absolute Gasteiger partial charge is 0.329 e. The van der Waals surface area contributed by atoms with Crippen LogP contribution >= 0.6 is 0 Å². The van der Waals surface area contributed by atoms with Gasteiger partial charge in [0.2, 0.25) is 0 Å². The number of rotatable bonds is 4. The van der Waals surface area contributed by atoms with E-state index in [0.717, 1.165) is 24.4 Å². The lowest BCUT2D eigenvalue weighted by Gasteiger charge is -2.51. The Hall–Kier alpha value is -0.120. The highest BCUT2D eigenvalue weighted by Gasteiger charge is 2.41. The molecule has 20 heavy (non-hydrogen) atoms. The summed E-state index contributed by atoms with van der Waals surface area (Å²) < 4.78 is 0. The molecule has 0 aromatic carbocycles. The summed E-state index contributed by atoms with van der Waals surface area (Å²) in [6, 6.07) is 0.771. The lowest BCUT2D eigenvalue weighted by molar-refractivity contribution is 0.00525. The third kappa shape index (κ3) is 3.37. The Labute approximate surface area is 125 Å². The molecule has 2 N–H and O–H groups in total. The number of nitrogens with zero attached hydrogens (tertiary/aromatic N) is 2. The van der Waals surface area contributed by atoms with Gasteiger partial charge in [0.05, 0.1) is 0 Å². The van der Waals surface area contributed by atoms with Crippen molar-refractivity contribution >= 4 is 0 Å². The lowest BCUT2D eigenvalue weighted by atomic mass is 9.71. The second-order valence-corrected chi connectivity index (χ2v) is 7.69. The number of piperidine rings is 1. The second-order valence-electron chi connectivity index (χ2n) is 7.69. The summed E-state index contributed by atoms with van der Waals surface area (Å²) in [6.07, 6.45) is 8.01. The van der Waals surface area contributed by atoms with E-state index in [0.29, 0.717) is 5.54 Å². The molecule has 2 rings (SSSR count). The third-order valence-electron chi connectivity index (χ3n) is 6.15. The number of likely N-dealkylation sites (tertiary alicyclic amines) is 1. The van der Waals surface area contributed by atoms with E-state index in [2.05, 4.69) is 37.7 Å². The van der Waals surface area contributed by atoms with E-state index < -0.39 is 0 Å². The van der Waals surface area contributed by atoms with Crippen molar-refractivity contribution < 1.29 is 0 Å². The van der Waals surface area contributed by atoms with Crippen LogP contribution in [-0.2, 0) is 0 Å². The molecule has 0 aromatic rings. The van der Waals surface area contributed by atoms with Gasteiger partial charge in [0.1, 0.15) is 0 Å². The van der Waals surface area contributed by atoms with Gasteiger partial charge in [-0.2, -0.15) is 0 Å². The minimum atomic E-state index is 0.322. The van der Waals surface area contributed by atoms with Gasteiger partial charge >= 0.3 is 0 Å². The first-order valence-corrected chi connectivity index (χ1v) is 8.60. The Bertz CT molecular complexity index is 285. The molecule has 3 nitrogen and oxygen atoms in total. The van der Waals surface area contributed by atoms with Gasteiger partial charge in [0.15, 0.2) is 0 Å². The Morgan fingerprint density at radius 1 is 1.10 bits per heavy atom. The van der Waals surface area contributed by atoms with Crippen molar-refractivity contribution in [2.45, 2.75) is 64.0 Å². The van der Waals surface area contributed by atoms with E-state index in [9.17, 15) is 0 Å². The van der Waals surface area contributed by atoms with Crippen LogP contribution in [0.2, 0.25) is 0 Å². The topological polar surface area (TPSA) is 32.5 Å². The summed E-state index contributed by atoms with van der Waals surface area (Å²) in [6.45, 7) is 8.09. The third-order valence-corrected chi connectivity index (χ3v) is 6.15. The quantitative estimate of drug-likeness (QED) is 0.859. The Morgan fingerprint density at radius 3 is 2.05 bits per heavy atom. The standard InChI is InChI=1S/C17H35N3/c1-14(2)15-5-9-17(13-18,10-6-15)20-11-7-16(8-12-20)19(3)4/h14-16H,5-13,18H2,1-4H3. The van der Waals surface area contributed by atoms with Gasteiger partial charge in [-0.1, -0.05) is 13.8 Å². The predicted octanol–water partition coefficient (Wildman–Crippen LogP) is 2.56. The summed E-state index contributed by atoms with van der Waals surface area (Å²) in [5.41, 5.74) is 6.56. The molecule has 0 aromatic heterocycles. The highest BCUT2D eigenvalue weighted by molar-refractivity contribution is 4.98. The zero-order valence-electron chi connectivity index (χ0n) is 14.1. The van der Waals surface area contributed by atoms with Gasteiger partial charge in [0, 0.05) is 31.2 Å². The van der Waals surface area contributed by atoms with Crippen molar-refractivity contribution in [3.8, 4) is 0 Å². The van der Waals surface area contributed by atoms with Crippen LogP contribution in [-0.4, -0.2) is 55.1 Å². The van der Waals surface area contributed by atoms with Gasteiger partial charge in [0.25, 0.3) is 0 Å². The summed E-state index contributed by atoms with van der Waals surface area (Å²) in [5.74, 6) is 1.76. The molecular weight excluding hydrogens is 246 g/mol. The molecule has 2 aliphatic rings. The molecule has 0 radical (unpaired) electrons. The maximum atomic E-state index is 6.23. The van der Waals surface area contributed by atoms with Crippen molar-refractivity contribution in [1.29, 1.82) is 0 Å². The predicted molar refractivity (Wildman–Crippen MR) is 86.9 cm³/mol. The molecule has 3 heteroatoms. The zero-order chi connectivity index (χ0) is 14.8. The fraction of sp³-hybridized carbons (Fsp3) is 1.00. The van der Waals surface area contributed by atoms with E-state index in [-0.39, 0.29) is 0 Å². The SMILES string of the molecule is CC(C)C1CCC(CN)(N2CCC(N(C)C)CC2)CC1. The highest BCUT2D eigenvalue weighted by Crippen LogP contribution is 2.40. The number of nitrogens with two attached hydrogens (primary N) is 1. The van der Waals surface area contributed by atoms with Gasteiger partial charge < -0.3 is 10.6 Å². The molecule has 1 saturated carbocycles. The number of hydrogen-bond acceptors (Lipinski definition) is 3. The molecule has 1 aliphatic heterocycles. The molecule has 0 bridgehead atoms. The summed E-state index contributed by atoms with van der Waals surface area (Å²) in [4.78, 5) is 5.13. The summed E-state index contributed by atoms with van der Waals surface area (Å²) in [7, 11) is 4.43.